The molecule has 0 amide bonds. The van der Waals surface area contributed by atoms with Crippen LogP contribution in [0.1, 0.15) is 0 Å². The highest BCUT2D eigenvalue weighted by atomic mass is 79.9. The van der Waals surface area contributed by atoms with Crippen LogP contribution in [0.3, 0.4) is 0 Å². The monoisotopic (exact) mass is 228 g/mol. The molecular weight excluding hydrogens is 224 g/mol. The third-order valence-corrected chi connectivity index (χ3v) is 3.60. The van der Waals surface area contributed by atoms with E-state index in [0.717, 1.165) is 5.33 Å². The van der Waals surface area contributed by atoms with Crippen LogP contribution in [0.5, 0.6) is 0 Å². The van der Waals surface area contributed by atoms with Gasteiger partial charge in [-0.1, -0.05) is 21.1 Å². The van der Waals surface area contributed by atoms with Gasteiger partial charge in [-0.05, 0) is 5.33 Å². The van der Waals surface area contributed by atoms with Crippen molar-refractivity contribution < 1.29 is 0 Å². The highest BCUT2D eigenvalue weighted by molar-refractivity contribution is 9.09. The van der Waals surface area contributed by atoms with E-state index >= 15 is 0 Å². The maximum absolute atomic E-state index is 3.57. The molecule has 2 unspecified atom stereocenters. The molecule has 11 heteroatoms. The second-order valence-electron chi connectivity index (χ2n) is 3.64. The third kappa shape index (κ3) is 2.83. The van der Waals surface area contributed by atoms with Gasteiger partial charge in [-0.2, -0.15) is 0 Å². The van der Waals surface area contributed by atoms with Crippen molar-refractivity contribution in [1.29, 1.82) is 0 Å². The summed E-state index contributed by atoms with van der Waals surface area (Å²) < 4.78 is 0. The van der Waals surface area contributed by atoms with Gasteiger partial charge in [0.2, 0.25) is 0 Å². The standard InChI is InChI=1S/C3H3B10Br/c14-1-3-2(4-3)5-7-9-11-13-12-10-8-6-3/h2H,1H2. The molecule has 0 N–H and O–H groups in total. The van der Waals surface area contributed by atoms with E-state index in [-0.39, 0.29) is 5.21 Å². The van der Waals surface area contributed by atoms with Crippen LogP contribution in [0.15, 0.2) is 0 Å². The molecule has 10 radical (unpaired) electrons. The fourth-order valence-electron chi connectivity index (χ4n) is 1.61. The van der Waals surface area contributed by atoms with Crippen LogP contribution in [0, 0.1) is 0 Å². The fourth-order valence-corrected chi connectivity index (χ4v) is 2.35. The van der Waals surface area contributed by atoms with Crippen molar-refractivity contribution in [2.24, 2.45) is 0 Å². The Morgan fingerprint density at radius 1 is 0.929 bits per heavy atom. The first-order chi connectivity index (χ1) is 6.87. The molecule has 52 valence electrons. The summed E-state index contributed by atoms with van der Waals surface area (Å²) in [7, 11) is 21.4. The van der Waals surface area contributed by atoms with Crippen LogP contribution < -0.4 is 0 Å². The van der Waals surface area contributed by atoms with Gasteiger partial charge in [0.1, 0.15) is 0 Å². The highest BCUT2D eigenvalue weighted by Crippen LogP contribution is 2.55. The van der Waals surface area contributed by atoms with Crippen LogP contribution >= 0.6 is 15.9 Å². The largest absolute Gasteiger partial charge is 0.111 e. The van der Waals surface area contributed by atoms with Gasteiger partial charge in [0.05, 0.1) is 14.4 Å². The molecule has 0 nitrogen and oxygen atoms in total. The van der Waals surface area contributed by atoms with Gasteiger partial charge in [0.25, 0.3) is 0 Å². The normalized spacial score (nSPS) is 33.9. The summed E-state index contributed by atoms with van der Waals surface area (Å²) >= 11 is 3.57. The highest BCUT2D eigenvalue weighted by Gasteiger charge is 2.51. The summed E-state index contributed by atoms with van der Waals surface area (Å²) in [5.74, 6) is 0. The molecule has 0 bridgehead atoms. The van der Waals surface area contributed by atoms with Gasteiger partial charge in [-0.25, -0.2) is 0 Å². The van der Waals surface area contributed by atoms with Gasteiger partial charge < -0.3 is 0 Å². The lowest BCUT2D eigenvalue weighted by molar-refractivity contribution is 1.08. The summed E-state index contributed by atoms with van der Waals surface area (Å²) in [6.07, 6.45) is 0. The minimum absolute atomic E-state index is 0.263. The van der Waals surface area contributed by atoms with Crippen LogP contribution in [-0.4, -0.2) is 76.4 Å². The molecule has 2 heterocycles. The summed E-state index contributed by atoms with van der Waals surface area (Å²) in [6.45, 7) is 0. The molecule has 0 aliphatic carbocycles. The molecule has 2 rings (SSSR count). The molecule has 0 aromatic rings. The van der Waals surface area contributed by atoms with E-state index in [1.807, 2.05) is 21.2 Å². The van der Waals surface area contributed by atoms with Crippen molar-refractivity contribution in [3.8, 4) is 0 Å². The van der Waals surface area contributed by atoms with Crippen LogP contribution in [0.4, 0.5) is 0 Å². The molecule has 2 saturated heterocycles. The molecule has 14 heavy (non-hydrogen) atoms. The Labute approximate surface area is 103 Å². The molecule has 2 aliphatic heterocycles. The number of rotatable bonds is 1. The topological polar surface area (TPSA) is 0 Å². The lowest BCUT2D eigenvalue weighted by atomic mass is 8.89. The Morgan fingerprint density at radius 3 is 2.29 bits per heavy atom. The molecular formula is C3H3B10Br. The van der Waals surface area contributed by atoms with Gasteiger partial charge in [-0.15, -0.1) is 5.72 Å². The molecule has 2 atom stereocenters. The van der Waals surface area contributed by atoms with Crippen LogP contribution in [0.2, 0.25) is 10.9 Å². The fraction of sp³-hybridized carbons (Fsp3) is 1.00. The van der Waals surface area contributed by atoms with Crippen LogP contribution in [0.25, 0.3) is 0 Å². The Bertz CT molecular complexity index is 188. The quantitative estimate of drug-likeness (QED) is 0.347. The summed E-state index contributed by atoms with van der Waals surface area (Å²) in [6, 6.07) is 0. The predicted molar refractivity (Wildman–Crippen MR) is 77.8 cm³/mol. The Balaban J connectivity index is 1.83. The molecule has 0 aromatic heterocycles. The molecule has 0 spiro atoms. The average Bonchev–Trinajstić information content (AvgIpc) is 2.88. The maximum atomic E-state index is 3.57. The number of fused-ring (bicyclic) bond motifs is 1. The predicted octanol–water partition coefficient (Wildman–Crippen LogP) is -2.37. The minimum Gasteiger partial charge on any atom is -0.111 e. The van der Waals surface area contributed by atoms with E-state index in [2.05, 4.69) is 65.8 Å². The zero-order valence-electron chi connectivity index (χ0n) is 7.94. The first kappa shape index (κ1) is 11.6. The Morgan fingerprint density at radius 2 is 1.57 bits per heavy atom. The lowest BCUT2D eigenvalue weighted by Crippen LogP contribution is -2.31. The zero-order chi connectivity index (χ0) is 9.86. The van der Waals surface area contributed by atoms with E-state index < -0.39 is 0 Å². The van der Waals surface area contributed by atoms with E-state index in [4.69, 9.17) is 0 Å². The number of alkyl halides is 1. The first-order valence-electron chi connectivity index (χ1n) is 4.82. The van der Waals surface area contributed by atoms with Crippen molar-refractivity contribution in [3.63, 3.8) is 0 Å². The summed E-state index contributed by atoms with van der Waals surface area (Å²) in [5.41, 5.74) is 0.592. The minimum atomic E-state index is 0.263. The Kier molecular flexibility index (Phi) is 4.52. The average molecular weight is 227 g/mol. The Hall–Kier alpha value is 1.13. The molecule has 2 aliphatic rings. The van der Waals surface area contributed by atoms with Gasteiger partial charge in [0.15, 0.2) is 0 Å². The molecule has 2 fully saturated rings. The van der Waals surface area contributed by atoms with Crippen molar-refractivity contribution in [1.82, 2.24) is 0 Å². The van der Waals surface area contributed by atoms with E-state index in [1.165, 1.54) is 0 Å². The first-order valence-corrected chi connectivity index (χ1v) is 5.94. The smallest absolute Gasteiger partial charge is 0.0990 e. The molecule has 0 aromatic carbocycles. The van der Waals surface area contributed by atoms with Crippen molar-refractivity contribution in [2.45, 2.75) is 10.9 Å². The maximum Gasteiger partial charge on any atom is 0.0990 e. The van der Waals surface area contributed by atoms with Gasteiger partial charge >= 0.3 is 0 Å². The summed E-state index contributed by atoms with van der Waals surface area (Å²) in [4.78, 5) is 0. The van der Waals surface area contributed by atoms with Crippen LogP contribution in [-0.2, 0) is 0 Å². The summed E-state index contributed by atoms with van der Waals surface area (Å²) in [5, 5.41) is 1.27. The number of hydrogen-bond acceptors (Lipinski definition) is 0. The van der Waals surface area contributed by atoms with Gasteiger partial charge in [0, 0.05) is 56.6 Å². The van der Waals surface area contributed by atoms with Crippen molar-refractivity contribution >= 4 is 87.0 Å². The van der Waals surface area contributed by atoms with E-state index in [1.54, 1.807) is 0 Å². The van der Waals surface area contributed by atoms with E-state index in [9.17, 15) is 0 Å². The van der Waals surface area contributed by atoms with Crippen molar-refractivity contribution in [3.05, 3.63) is 0 Å². The lowest BCUT2D eigenvalue weighted by Gasteiger charge is -2.13. The van der Waals surface area contributed by atoms with E-state index in [0.29, 0.717) is 5.72 Å². The second-order valence-corrected chi connectivity index (χ2v) is 4.21. The third-order valence-electron chi connectivity index (χ3n) is 2.62. The number of halogens is 1. The second kappa shape index (κ2) is 5.46. The van der Waals surface area contributed by atoms with Gasteiger partial charge in [-0.3, -0.25) is 0 Å². The molecule has 0 saturated carbocycles. The number of hydrogen-bond donors (Lipinski definition) is 0. The SMILES string of the molecule is BrCC12[B][B][B][B][B][B][B][B][B]C1[B]2. The zero-order valence-corrected chi connectivity index (χ0v) is 9.52. The van der Waals surface area contributed by atoms with Crippen molar-refractivity contribution in [2.75, 3.05) is 5.33 Å².